The normalized spacial score (nSPS) is 15.3. The van der Waals surface area contributed by atoms with Crippen molar-refractivity contribution in [1.29, 1.82) is 0 Å². The van der Waals surface area contributed by atoms with Crippen molar-refractivity contribution in [2.24, 2.45) is 11.7 Å². The van der Waals surface area contributed by atoms with Crippen molar-refractivity contribution >= 4 is 11.7 Å². The minimum Gasteiger partial charge on any atom is -0.348 e. The number of nitrogens with two attached hydrogens (primary N) is 1. The van der Waals surface area contributed by atoms with Crippen molar-refractivity contribution < 1.29 is 9.59 Å². The molecule has 0 aromatic heterocycles. The van der Waals surface area contributed by atoms with E-state index in [9.17, 15) is 9.59 Å². The van der Waals surface area contributed by atoms with E-state index in [2.05, 4.69) is 33.0 Å². The van der Waals surface area contributed by atoms with Gasteiger partial charge in [0.15, 0.2) is 5.78 Å². The molecule has 0 radical (unpaired) electrons. The van der Waals surface area contributed by atoms with Gasteiger partial charge < -0.3 is 11.1 Å². The molecule has 20 heavy (non-hydrogen) atoms. The first-order valence-corrected chi connectivity index (χ1v) is 7.25. The van der Waals surface area contributed by atoms with Crippen molar-refractivity contribution in [2.45, 2.75) is 59.0 Å². The molecule has 0 aromatic carbocycles. The van der Waals surface area contributed by atoms with Gasteiger partial charge in [0.05, 0.1) is 18.6 Å². The predicted octanol–water partition coefficient (Wildman–Crippen LogP) is 1.17. The van der Waals surface area contributed by atoms with Crippen LogP contribution in [0.1, 0.15) is 48.0 Å². The fourth-order valence-corrected chi connectivity index (χ4v) is 1.98. The van der Waals surface area contributed by atoms with Crippen LogP contribution in [0.5, 0.6) is 0 Å². The summed E-state index contributed by atoms with van der Waals surface area (Å²) in [5.41, 5.74) is 4.74. The van der Waals surface area contributed by atoms with E-state index in [4.69, 9.17) is 5.73 Å². The van der Waals surface area contributed by atoms with Crippen molar-refractivity contribution in [3.63, 3.8) is 0 Å². The first-order valence-electron chi connectivity index (χ1n) is 7.25. The minimum absolute atomic E-state index is 0.0132. The van der Waals surface area contributed by atoms with E-state index in [1.807, 2.05) is 11.9 Å². The van der Waals surface area contributed by atoms with E-state index in [1.165, 1.54) is 0 Å². The molecular weight excluding hydrogens is 254 g/mol. The Labute approximate surface area is 123 Å². The number of amides is 1. The van der Waals surface area contributed by atoms with E-state index < -0.39 is 5.54 Å². The van der Waals surface area contributed by atoms with Crippen molar-refractivity contribution in [1.82, 2.24) is 10.2 Å². The molecule has 5 nitrogen and oxygen atoms in total. The van der Waals surface area contributed by atoms with Crippen LogP contribution in [0.15, 0.2) is 0 Å². The summed E-state index contributed by atoms with van der Waals surface area (Å²) in [6, 6.07) is 0. The molecule has 0 fully saturated rings. The molecule has 3 N–H and O–H groups in total. The highest BCUT2D eigenvalue weighted by Crippen LogP contribution is 2.26. The number of likely N-dealkylation sites (N-methyl/N-ethyl adjacent to an activating group) is 1. The van der Waals surface area contributed by atoms with Crippen LogP contribution in [-0.2, 0) is 9.59 Å². The van der Waals surface area contributed by atoms with Gasteiger partial charge in [-0.3, -0.25) is 14.5 Å². The second-order valence-electron chi connectivity index (χ2n) is 6.64. The first kappa shape index (κ1) is 19.1. The quantitative estimate of drug-likeness (QED) is 0.702. The Morgan fingerprint density at radius 1 is 1.25 bits per heavy atom. The molecule has 0 heterocycles. The summed E-state index contributed by atoms with van der Waals surface area (Å²) in [5, 5.41) is 2.64. The molecule has 0 saturated heterocycles. The summed E-state index contributed by atoms with van der Waals surface area (Å²) < 4.78 is 0. The fourth-order valence-electron chi connectivity index (χ4n) is 1.98. The predicted molar refractivity (Wildman–Crippen MR) is 82.4 cm³/mol. The summed E-state index contributed by atoms with van der Waals surface area (Å²) in [5.74, 6) is 0.121. The Bertz CT molecular complexity index is 348. The van der Waals surface area contributed by atoms with E-state index in [0.29, 0.717) is 5.92 Å². The highest BCUT2D eigenvalue weighted by Gasteiger charge is 2.32. The number of nitrogens with zero attached hydrogens (tertiary/aromatic N) is 1. The highest BCUT2D eigenvalue weighted by molar-refractivity contribution is 5.92. The number of carbonyl (C=O) groups excluding carboxylic acids is 2. The number of carbonyl (C=O) groups is 2. The maximum Gasteiger partial charge on any atom is 0.234 e. The van der Waals surface area contributed by atoms with Crippen LogP contribution in [-0.4, -0.2) is 47.8 Å². The largest absolute Gasteiger partial charge is 0.348 e. The Balaban J connectivity index is 4.45. The smallest absolute Gasteiger partial charge is 0.234 e. The van der Waals surface area contributed by atoms with Gasteiger partial charge >= 0.3 is 0 Å². The Kier molecular flexibility index (Phi) is 6.84. The molecular formula is C15H31N3O2. The van der Waals surface area contributed by atoms with Crippen LogP contribution in [0, 0.1) is 5.92 Å². The number of nitrogens with one attached hydrogen (secondary N) is 1. The SMILES string of the molecule is CCC(C)(C(C)C)N(C)CC(=O)NCC(=O)C(C)(C)N. The second-order valence-corrected chi connectivity index (χ2v) is 6.64. The molecule has 0 rings (SSSR count). The third-order valence-corrected chi connectivity index (χ3v) is 4.38. The molecule has 1 atom stereocenters. The summed E-state index contributed by atoms with van der Waals surface area (Å²) in [6.45, 7) is 12.1. The molecule has 1 unspecified atom stereocenters. The number of hydrogen-bond acceptors (Lipinski definition) is 4. The maximum atomic E-state index is 11.9. The van der Waals surface area contributed by atoms with Crippen molar-refractivity contribution in [3.05, 3.63) is 0 Å². The molecule has 0 aliphatic carbocycles. The number of Topliss-reactive ketones (excluding diaryl/α,β-unsaturated/α-hetero) is 1. The van der Waals surface area contributed by atoms with Gasteiger partial charge in [-0.2, -0.15) is 0 Å². The van der Waals surface area contributed by atoms with E-state index >= 15 is 0 Å². The average Bonchev–Trinajstić information content (AvgIpc) is 2.32. The van der Waals surface area contributed by atoms with Gasteiger partial charge in [-0.25, -0.2) is 0 Å². The average molecular weight is 285 g/mol. The topological polar surface area (TPSA) is 75.4 Å². The zero-order chi connectivity index (χ0) is 16.1. The Morgan fingerprint density at radius 3 is 2.10 bits per heavy atom. The summed E-state index contributed by atoms with van der Waals surface area (Å²) in [4.78, 5) is 25.6. The molecule has 0 spiro atoms. The number of rotatable bonds is 8. The lowest BCUT2D eigenvalue weighted by molar-refractivity contribution is -0.128. The second kappa shape index (κ2) is 7.18. The van der Waals surface area contributed by atoms with Gasteiger partial charge in [0.1, 0.15) is 0 Å². The fraction of sp³-hybridized carbons (Fsp3) is 0.867. The van der Waals surface area contributed by atoms with Crippen LogP contribution < -0.4 is 11.1 Å². The summed E-state index contributed by atoms with van der Waals surface area (Å²) in [7, 11) is 1.94. The maximum absolute atomic E-state index is 11.9. The molecule has 1 amide bonds. The zero-order valence-electron chi connectivity index (χ0n) is 14.0. The molecule has 118 valence electrons. The highest BCUT2D eigenvalue weighted by atomic mass is 16.2. The third kappa shape index (κ3) is 5.21. The zero-order valence-corrected chi connectivity index (χ0v) is 14.0. The minimum atomic E-state index is -0.908. The monoisotopic (exact) mass is 285 g/mol. The molecule has 0 aliphatic heterocycles. The van der Waals surface area contributed by atoms with E-state index in [0.717, 1.165) is 6.42 Å². The molecule has 0 bridgehead atoms. The lowest BCUT2D eigenvalue weighted by Gasteiger charge is -2.41. The van der Waals surface area contributed by atoms with Gasteiger partial charge in [-0.15, -0.1) is 0 Å². The van der Waals surface area contributed by atoms with Crippen molar-refractivity contribution in [3.8, 4) is 0 Å². The lowest BCUT2D eigenvalue weighted by Crippen LogP contribution is -2.53. The third-order valence-electron chi connectivity index (χ3n) is 4.38. The van der Waals surface area contributed by atoms with Gasteiger partial charge in [0.2, 0.25) is 5.91 Å². The molecule has 0 saturated carbocycles. The van der Waals surface area contributed by atoms with Gasteiger partial charge in [-0.05, 0) is 40.2 Å². The van der Waals surface area contributed by atoms with Crippen LogP contribution in [0.4, 0.5) is 0 Å². The van der Waals surface area contributed by atoms with Gasteiger partial charge in [0, 0.05) is 5.54 Å². The number of hydrogen-bond donors (Lipinski definition) is 2. The summed E-state index contributed by atoms with van der Waals surface area (Å²) in [6.07, 6.45) is 0.962. The van der Waals surface area contributed by atoms with Crippen LogP contribution >= 0.6 is 0 Å². The van der Waals surface area contributed by atoms with E-state index in [1.54, 1.807) is 13.8 Å². The Hall–Kier alpha value is -0.940. The molecule has 0 aromatic rings. The van der Waals surface area contributed by atoms with E-state index in [-0.39, 0.29) is 30.3 Å². The van der Waals surface area contributed by atoms with Crippen LogP contribution in [0.2, 0.25) is 0 Å². The molecule has 0 aliphatic rings. The van der Waals surface area contributed by atoms with Gasteiger partial charge in [-0.1, -0.05) is 20.8 Å². The Morgan fingerprint density at radius 2 is 1.75 bits per heavy atom. The standard InChI is InChI=1S/C15H31N3O2/c1-8-15(6,11(2)3)18(7)10-13(20)17-9-12(19)14(4,5)16/h11H,8-10,16H2,1-7H3,(H,17,20). The first-order chi connectivity index (χ1) is 8.95. The summed E-state index contributed by atoms with van der Waals surface area (Å²) >= 11 is 0. The lowest BCUT2D eigenvalue weighted by atomic mass is 9.84. The molecule has 5 heteroatoms. The van der Waals surface area contributed by atoms with Crippen molar-refractivity contribution in [2.75, 3.05) is 20.1 Å². The van der Waals surface area contributed by atoms with Gasteiger partial charge in [0.25, 0.3) is 0 Å². The van der Waals surface area contributed by atoms with Crippen LogP contribution in [0.25, 0.3) is 0 Å². The number of ketones is 1. The van der Waals surface area contributed by atoms with Crippen LogP contribution in [0.3, 0.4) is 0 Å².